The highest BCUT2D eigenvalue weighted by atomic mass is 16.5. The number of benzene rings is 1. The first-order valence-electron chi connectivity index (χ1n) is 9.02. The molecule has 9 nitrogen and oxygen atoms in total. The molecule has 0 spiro atoms. The maximum atomic E-state index is 12.5. The van der Waals surface area contributed by atoms with Crippen LogP contribution in [0.5, 0.6) is 0 Å². The van der Waals surface area contributed by atoms with Crippen molar-refractivity contribution in [1.82, 2.24) is 14.5 Å². The van der Waals surface area contributed by atoms with Crippen molar-refractivity contribution in [1.29, 1.82) is 0 Å². The van der Waals surface area contributed by atoms with Crippen molar-refractivity contribution in [2.45, 2.75) is 13.5 Å². The Morgan fingerprint density at radius 3 is 2.52 bits per heavy atom. The Morgan fingerprint density at radius 2 is 1.83 bits per heavy atom. The minimum atomic E-state index is -0.591. The number of para-hydroxylation sites is 2. The summed E-state index contributed by atoms with van der Waals surface area (Å²) in [7, 11) is 0. The van der Waals surface area contributed by atoms with Gasteiger partial charge in [-0.05, 0) is 31.2 Å². The highest BCUT2D eigenvalue weighted by molar-refractivity contribution is 6.08. The zero-order chi connectivity index (χ0) is 20.4. The van der Waals surface area contributed by atoms with Crippen LogP contribution in [-0.4, -0.2) is 39.7 Å². The van der Waals surface area contributed by atoms with E-state index in [4.69, 9.17) is 19.6 Å². The van der Waals surface area contributed by atoms with Gasteiger partial charge in [0.1, 0.15) is 23.5 Å². The summed E-state index contributed by atoms with van der Waals surface area (Å²) in [5.74, 6) is -0.908. The smallest absolute Gasteiger partial charge is 0.374 e. The van der Waals surface area contributed by atoms with Gasteiger partial charge in [-0.3, -0.25) is 0 Å². The van der Waals surface area contributed by atoms with E-state index < -0.39 is 11.9 Å². The Balaban J connectivity index is 1.71. The first-order valence-corrected chi connectivity index (χ1v) is 9.02. The highest BCUT2D eigenvalue weighted by Gasteiger charge is 2.25. The van der Waals surface area contributed by atoms with Crippen molar-refractivity contribution in [2.24, 2.45) is 0 Å². The largest absolute Gasteiger partial charge is 0.462 e. The lowest BCUT2D eigenvalue weighted by molar-refractivity contribution is 0.0454. The summed E-state index contributed by atoms with van der Waals surface area (Å²) in [6.07, 6.45) is 1.39. The average Bonchev–Trinajstić information content (AvgIpc) is 3.34. The zero-order valence-corrected chi connectivity index (χ0v) is 15.6. The van der Waals surface area contributed by atoms with Crippen LogP contribution in [0.4, 0.5) is 5.82 Å². The molecule has 2 N–H and O–H groups in total. The molecule has 0 aliphatic heterocycles. The van der Waals surface area contributed by atoms with E-state index in [-0.39, 0.29) is 36.9 Å². The van der Waals surface area contributed by atoms with Gasteiger partial charge in [-0.15, -0.1) is 0 Å². The van der Waals surface area contributed by atoms with E-state index >= 15 is 0 Å². The summed E-state index contributed by atoms with van der Waals surface area (Å²) in [5.41, 5.74) is 8.44. The third-order valence-electron chi connectivity index (χ3n) is 4.34. The zero-order valence-electron chi connectivity index (χ0n) is 15.6. The van der Waals surface area contributed by atoms with E-state index in [1.54, 1.807) is 23.6 Å². The predicted octanol–water partition coefficient (Wildman–Crippen LogP) is 2.79. The van der Waals surface area contributed by atoms with E-state index in [9.17, 15) is 9.59 Å². The van der Waals surface area contributed by atoms with Crippen LogP contribution in [0.2, 0.25) is 0 Å². The molecule has 0 unspecified atom stereocenters. The van der Waals surface area contributed by atoms with Crippen molar-refractivity contribution in [3.63, 3.8) is 0 Å². The molecule has 3 aromatic heterocycles. The lowest BCUT2D eigenvalue weighted by atomic mass is 10.2. The van der Waals surface area contributed by atoms with Crippen LogP contribution >= 0.6 is 0 Å². The van der Waals surface area contributed by atoms with Gasteiger partial charge in [-0.1, -0.05) is 12.1 Å². The molecule has 0 saturated heterocycles. The van der Waals surface area contributed by atoms with Gasteiger partial charge in [0.25, 0.3) is 0 Å². The van der Waals surface area contributed by atoms with Gasteiger partial charge >= 0.3 is 11.9 Å². The molecule has 0 aliphatic carbocycles. The number of hydrogen-bond donors (Lipinski definition) is 1. The summed E-state index contributed by atoms with van der Waals surface area (Å²) >= 11 is 0. The van der Waals surface area contributed by atoms with Crippen LogP contribution in [-0.2, 0) is 16.0 Å². The number of fused-ring (bicyclic) bond motifs is 2. The molecule has 1 aromatic carbocycles. The summed E-state index contributed by atoms with van der Waals surface area (Å²) in [6, 6.07) is 10.4. The summed E-state index contributed by atoms with van der Waals surface area (Å²) < 4.78 is 17.0. The van der Waals surface area contributed by atoms with Crippen molar-refractivity contribution in [3.05, 3.63) is 54.0 Å². The Labute approximate surface area is 165 Å². The fourth-order valence-electron chi connectivity index (χ4n) is 3.04. The number of aromatic nitrogens is 3. The van der Waals surface area contributed by atoms with E-state index in [0.29, 0.717) is 22.2 Å². The minimum absolute atomic E-state index is 0.00425. The molecule has 0 aliphatic rings. The molecule has 0 atom stereocenters. The molecule has 9 heteroatoms. The molecular weight excluding hydrogens is 376 g/mol. The lowest BCUT2D eigenvalue weighted by Crippen LogP contribution is -2.14. The minimum Gasteiger partial charge on any atom is -0.462 e. The van der Waals surface area contributed by atoms with Crippen molar-refractivity contribution < 1.29 is 23.5 Å². The Hall–Kier alpha value is -3.88. The Bertz CT molecular complexity index is 1200. The SMILES string of the molecule is CCOC(=O)c1c(N)n(CCOC(=O)c2ccco2)c2nc3ccccc3nc12. The van der Waals surface area contributed by atoms with E-state index in [1.807, 2.05) is 18.2 Å². The Kier molecular flexibility index (Phi) is 4.86. The third kappa shape index (κ3) is 3.38. The van der Waals surface area contributed by atoms with Crippen LogP contribution in [0.25, 0.3) is 22.2 Å². The number of nitrogens with zero attached hydrogens (tertiary/aromatic N) is 3. The molecule has 148 valence electrons. The molecule has 29 heavy (non-hydrogen) atoms. The van der Waals surface area contributed by atoms with Crippen LogP contribution in [0.15, 0.2) is 47.1 Å². The Morgan fingerprint density at radius 1 is 1.07 bits per heavy atom. The van der Waals surface area contributed by atoms with Crippen molar-refractivity contribution in [2.75, 3.05) is 18.9 Å². The quantitative estimate of drug-likeness (QED) is 0.495. The number of rotatable bonds is 6. The van der Waals surface area contributed by atoms with Crippen LogP contribution in [0.3, 0.4) is 0 Å². The lowest BCUT2D eigenvalue weighted by Gasteiger charge is -2.08. The first-order chi connectivity index (χ1) is 14.1. The second-order valence-corrected chi connectivity index (χ2v) is 6.13. The van der Waals surface area contributed by atoms with E-state index in [0.717, 1.165) is 0 Å². The van der Waals surface area contributed by atoms with Crippen molar-refractivity contribution in [3.8, 4) is 0 Å². The second-order valence-electron chi connectivity index (χ2n) is 6.13. The molecule has 4 aromatic rings. The topological polar surface area (TPSA) is 122 Å². The fraction of sp³-hybridized carbons (Fsp3) is 0.200. The van der Waals surface area contributed by atoms with Gasteiger partial charge in [-0.2, -0.15) is 0 Å². The number of hydrogen-bond acceptors (Lipinski definition) is 8. The maximum Gasteiger partial charge on any atom is 0.374 e. The molecule has 0 fully saturated rings. The van der Waals surface area contributed by atoms with Gasteiger partial charge in [0.2, 0.25) is 5.76 Å². The maximum absolute atomic E-state index is 12.5. The van der Waals surface area contributed by atoms with Crippen LogP contribution in [0.1, 0.15) is 27.8 Å². The standard InChI is InChI=1S/C20H18N4O5/c1-2-27-20(26)15-16-18(23-13-7-4-3-6-12(13)22-16)24(17(15)21)9-11-29-19(25)14-8-5-10-28-14/h3-8,10H,2,9,11,21H2,1H3. The number of carbonyl (C=O) groups is 2. The molecule has 0 saturated carbocycles. The molecule has 4 rings (SSSR count). The number of anilines is 1. The summed E-state index contributed by atoms with van der Waals surface area (Å²) in [4.78, 5) is 33.6. The number of nitrogens with two attached hydrogens (primary N) is 1. The molecular formula is C20H18N4O5. The van der Waals surface area contributed by atoms with E-state index in [1.165, 1.54) is 12.3 Å². The van der Waals surface area contributed by atoms with Gasteiger partial charge < -0.3 is 24.2 Å². The molecule has 0 radical (unpaired) electrons. The molecule has 3 heterocycles. The van der Waals surface area contributed by atoms with Gasteiger partial charge in [0, 0.05) is 0 Å². The average molecular weight is 394 g/mol. The number of esters is 2. The monoisotopic (exact) mass is 394 g/mol. The van der Waals surface area contributed by atoms with Crippen LogP contribution < -0.4 is 5.73 Å². The number of nitrogen functional groups attached to an aromatic ring is 1. The normalized spacial score (nSPS) is 11.1. The summed E-state index contributed by atoms with van der Waals surface area (Å²) in [5, 5.41) is 0. The van der Waals surface area contributed by atoms with Crippen molar-refractivity contribution >= 4 is 40.0 Å². The highest BCUT2D eigenvalue weighted by Crippen LogP contribution is 2.28. The van der Waals surface area contributed by atoms with Gasteiger partial charge in [0.05, 0.1) is 30.4 Å². The predicted molar refractivity (Wildman–Crippen MR) is 104 cm³/mol. The number of carbonyl (C=O) groups excluding carboxylic acids is 2. The number of ether oxygens (including phenoxy) is 2. The van der Waals surface area contributed by atoms with Gasteiger partial charge in [-0.25, -0.2) is 19.6 Å². The first kappa shape index (κ1) is 18.5. The third-order valence-corrected chi connectivity index (χ3v) is 4.34. The second kappa shape index (κ2) is 7.63. The number of furan rings is 1. The summed E-state index contributed by atoms with van der Waals surface area (Å²) in [6.45, 7) is 2.10. The van der Waals surface area contributed by atoms with Gasteiger partial charge in [0.15, 0.2) is 5.65 Å². The van der Waals surface area contributed by atoms with E-state index in [2.05, 4.69) is 9.97 Å². The molecule has 0 amide bonds. The molecule has 0 bridgehead atoms. The fourth-order valence-corrected chi connectivity index (χ4v) is 3.04. The van der Waals surface area contributed by atoms with Crippen LogP contribution in [0, 0.1) is 0 Å².